The van der Waals surface area contributed by atoms with Crippen molar-refractivity contribution in [2.45, 2.75) is 12.7 Å². The summed E-state index contributed by atoms with van der Waals surface area (Å²) in [5.41, 5.74) is 5.43. The summed E-state index contributed by atoms with van der Waals surface area (Å²) in [5, 5.41) is 7.60. The molecule has 0 atom stereocenters. The molecule has 96 valence electrons. The van der Waals surface area contributed by atoms with E-state index in [1.807, 2.05) is 0 Å². The molecule has 0 radical (unpaired) electrons. The second-order valence-electron chi connectivity index (χ2n) is 3.73. The van der Waals surface area contributed by atoms with Crippen LogP contribution in [-0.2, 0) is 12.7 Å². The van der Waals surface area contributed by atoms with Crippen LogP contribution in [0.1, 0.15) is 5.56 Å². The van der Waals surface area contributed by atoms with Gasteiger partial charge in [0.2, 0.25) is 0 Å². The Balaban J connectivity index is 2.32. The van der Waals surface area contributed by atoms with Gasteiger partial charge in [0.15, 0.2) is 0 Å². The summed E-state index contributed by atoms with van der Waals surface area (Å²) in [6.45, 7) is 0.872. The minimum absolute atomic E-state index is 0.382. The Morgan fingerprint density at radius 1 is 1.28 bits per heavy atom. The molecule has 4 nitrogen and oxygen atoms in total. The van der Waals surface area contributed by atoms with E-state index < -0.39 is 11.7 Å². The summed E-state index contributed by atoms with van der Waals surface area (Å²) in [6.07, 6.45) is -2.79. The molecule has 0 aliphatic carbocycles. The molecule has 0 bridgehead atoms. The zero-order valence-corrected chi connectivity index (χ0v) is 9.35. The number of benzene rings is 1. The second kappa shape index (κ2) is 4.77. The molecule has 0 aliphatic heterocycles. The van der Waals surface area contributed by atoms with Crippen LogP contribution in [0.5, 0.6) is 0 Å². The zero-order chi connectivity index (χ0) is 13.2. The van der Waals surface area contributed by atoms with Crippen LogP contribution in [-0.4, -0.2) is 21.5 Å². The van der Waals surface area contributed by atoms with E-state index in [0.29, 0.717) is 24.3 Å². The Kier molecular flexibility index (Phi) is 3.33. The van der Waals surface area contributed by atoms with Crippen LogP contribution in [0.15, 0.2) is 30.5 Å². The molecule has 0 aliphatic rings. The van der Waals surface area contributed by atoms with Gasteiger partial charge in [-0.2, -0.15) is 13.2 Å². The third-order valence-corrected chi connectivity index (χ3v) is 2.38. The summed E-state index contributed by atoms with van der Waals surface area (Å²) >= 11 is 0. The molecular formula is C11H11F3N4. The third kappa shape index (κ3) is 2.67. The largest absolute Gasteiger partial charge is 0.416 e. The molecule has 7 heteroatoms. The SMILES string of the molecule is NCCn1cc(-c2cccc(C(F)(F)F)c2)nn1. The van der Waals surface area contributed by atoms with Crippen LogP contribution in [0, 0.1) is 0 Å². The van der Waals surface area contributed by atoms with Gasteiger partial charge in [0.25, 0.3) is 0 Å². The molecule has 18 heavy (non-hydrogen) atoms. The molecule has 0 unspecified atom stereocenters. The molecule has 0 fully saturated rings. The number of halogens is 3. The predicted molar refractivity (Wildman–Crippen MR) is 59.5 cm³/mol. The van der Waals surface area contributed by atoms with Crippen molar-refractivity contribution in [2.75, 3.05) is 6.54 Å². The number of alkyl halides is 3. The molecular weight excluding hydrogens is 245 g/mol. The summed E-state index contributed by atoms with van der Waals surface area (Å²) in [5.74, 6) is 0. The highest BCUT2D eigenvalue weighted by Gasteiger charge is 2.30. The minimum Gasteiger partial charge on any atom is -0.329 e. The Labute approximate surface area is 101 Å². The van der Waals surface area contributed by atoms with Gasteiger partial charge in [0.1, 0.15) is 5.69 Å². The normalized spacial score (nSPS) is 11.8. The number of nitrogens with two attached hydrogens (primary N) is 1. The van der Waals surface area contributed by atoms with Gasteiger partial charge in [-0.25, -0.2) is 0 Å². The molecule has 0 saturated carbocycles. The van der Waals surface area contributed by atoms with Crippen molar-refractivity contribution in [3.8, 4) is 11.3 Å². The maximum Gasteiger partial charge on any atom is 0.416 e. The smallest absolute Gasteiger partial charge is 0.329 e. The highest BCUT2D eigenvalue weighted by Crippen LogP contribution is 2.31. The lowest BCUT2D eigenvalue weighted by atomic mass is 10.1. The maximum atomic E-state index is 12.6. The average molecular weight is 256 g/mol. The quantitative estimate of drug-likeness (QED) is 0.912. The first kappa shape index (κ1) is 12.6. The van der Waals surface area contributed by atoms with E-state index in [1.54, 1.807) is 12.3 Å². The van der Waals surface area contributed by atoms with E-state index >= 15 is 0 Å². The number of aromatic nitrogens is 3. The topological polar surface area (TPSA) is 56.7 Å². The molecule has 1 heterocycles. The van der Waals surface area contributed by atoms with E-state index in [-0.39, 0.29) is 0 Å². The lowest BCUT2D eigenvalue weighted by Crippen LogP contribution is -2.10. The van der Waals surface area contributed by atoms with Crippen LogP contribution >= 0.6 is 0 Å². The van der Waals surface area contributed by atoms with E-state index in [0.717, 1.165) is 12.1 Å². The monoisotopic (exact) mass is 256 g/mol. The number of hydrogen-bond donors (Lipinski definition) is 1. The number of rotatable bonds is 3. The Morgan fingerprint density at radius 2 is 2.06 bits per heavy atom. The molecule has 2 aromatic rings. The van der Waals surface area contributed by atoms with Crippen LogP contribution in [0.3, 0.4) is 0 Å². The first-order valence-corrected chi connectivity index (χ1v) is 5.28. The summed E-state index contributed by atoms with van der Waals surface area (Å²) in [7, 11) is 0. The van der Waals surface area contributed by atoms with Gasteiger partial charge in [-0.05, 0) is 12.1 Å². The van der Waals surface area contributed by atoms with E-state index in [1.165, 1.54) is 10.7 Å². The second-order valence-corrected chi connectivity index (χ2v) is 3.73. The van der Waals surface area contributed by atoms with Crippen molar-refractivity contribution >= 4 is 0 Å². The van der Waals surface area contributed by atoms with Crippen molar-refractivity contribution in [3.05, 3.63) is 36.0 Å². The zero-order valence-electron chi connectivity index (χ0n) is 9.35. The predicted octanol–water partition coefficient (Wildman–Crippen LogP) is 1.92. The van der Waals surface area contributed by atoms with Gasteiger partial charge in [0, 0.05) is 12.1 Å². The molecule has 1 aromatic carbocycles. The molecule has 1 aromatic heterocycles. The van der Waals surface area contributed by atoms with Crippen LogP contribution in [0.2, 0.25) is 0 Å². The van der Waals surface area contributed by atoms with Crippen molar-refractivity contribution in [1.82, 2.24) is 15.0 Å². The van der Waals surface area contributed by atoms with Gasteiger partial charge >= 0.3 is 6.18 Å². The summed E-state index contributed by atoms with van der Waals surface area (Å²) in [6, 6.07) is 4.98. The van der Waals surface area contributed by atoms with Gasteiger partial charge in [0.05, 0.1) is 18.3 Å². The van der Waals surface area contributed by atoms with Gasteiger partial charge in [-0.3, -0.25) is 4.68 Å². The molecule has 0 amide bonds. The standard InChI is InChI=1S/C11H11F3N4/c12-11(13,14)9-3-1-2-8(6-9)10-7-18(5-4-15)17-16-10/h1-3,6-7H,4-5,15H2. The molecule has 2 rings (SSSR count). The number of nitrogens with zero attached hydrogens (tertiary/aromatic N) is 3. The first-order chi connectivity index (χ1) is 8.50. The van der Waals surface area contributed by atoms with Crippen LogP contribution in [0.25, 0.3) is 11.3 Å². The van der Waals surface area contributed by atoms with Gasteiger partial charge < -0.3 is 5.73 Å². The fourth-order valence-corrected chi connectivity index (χ4v) is 1.53. The van der Waals surface area contributed by atoms with Crippen molar-refractivity contribution < 1.29 is 13.2 Å². The van der Waals surface area contributed by atoms with Crippen molar-refractivity contribution in [2.24, 2.45) is 5.73 Å². The minimum atomic E-state index is -4.36. The Bertz CT molecular complexity index is 533. The van der Waals surface area contributed by atoms with Crippen molar-refractivity contribution in [3.63, 3.8) is 0 Å². The lowest BCUT2D eigenvalue weighted by Gasteiger charge is -2.06. The fraction of sp³-hybridized carbons (Fsp3) is 0.273. The van der Waals surface area contributed by atoms with Crippen LogP contribution in [0.4, 0.5) is 13.2 Å². The summed E-state index contributed by atoms with van der Waals surface area (Å²) in [4.78, 5) is 0. The highest BCUT2D eigenvalue weighted by atomic mass is 19.4. The third-order valence-electron chi connectivity index (χ3n) is 2.38. The molecule has 0 saturated heterocycles. The lowest BCUT2D eigenvalue weighted by molar-refractivity contribution is -0.137. The summed E-state index contributed by atoms with van der Waals surface area (Å²) < 4.78 is 39.2. The Hall–Kier alpha value is -1.89. The van der Waals surface area contributed by atoms with E-state index in [2.05, 4.69) is 10.3 Å². The van der Waals surface area contributed by atoms with E-state index in [4.69, 9.17) is 5.73 Å². The maximum absolute atomic E-state index is 12.6. The van der Waals surface area contributed by atoms with Gasteiger partial charge in [-0.15, -0.1) is 5.10 Å². The molecule has 2 N–H and O–H groups in total. The molecule has 0 spiro atoms. The average Bonchev–Trinajstić information content (AvgIpc) is 2.77. The Morgan fingerprint density at radius 3 is 2.72 bits per heavy atom. The fourth-order valence-electron chi connectivity index (χ4n) is 1.53. The van der Waals surface area contributed by atoms with Gasteiger partial charge in [-0.1, -0.05) is 17.3 Å². The van der Waals surface area contributed by atoms with E-state index in [9.17, 15) is 13.2 Å². The number of hydrogen-bond acceptors (Lipinski definition) is 3. The van der Waals surface area contributed by atoms with Crippen LogP contribution < -0.4 is 5.73 Å². The highest BCUT2D eigenvalue weighted by molar-refractivity contribution is 5.58. The first-order valence-electron chi connectivity index (χ1n) is 5.28. The van der Waals surface area contributed by atoms with Crippen molar-refractivity contribution in [1.29, 1.82) is 0 Å².